The van der Waals surface area contributed by atoms with Crippen molar-refractivity contribution in [2.24, 2.45) is 0 Å². The average Bonchev–Trinajstić information content (AvgIpc) is 2.89. The number of aromatic nitrogens is 1. The number of amides is 1. The number of aryl methyl sites for hydroxylation is 1. The number of benzene rings is 1. The fourth-order valence-electron chi connectivity index (χ4n) is 1.50. The molecule has 0 atom stereocenters. The van der Waals surface area contributed by atoms with E-state index in [0.29, 0.717) is 21.6 Å². The molecular weight excluding hydrogens is 312 g/mol. The zero-order chi connectivity index (χ0) is 15.4. The van der Waals surface area contributed by atoms with Gasteiger partial charge in [0.05, 0.1) is 0 Å². The summed E-state index contributed by atoms with van der Waals surface area (Å²) < 4.78 is 5.37. The van der Waals surface area contributed by atoms with Gasteiger partial charge < -0.3 is 4.74 Å². The third-order valence-electron chi connectivity index (χ3n) is 2.61. The van der Waals surface area contributed by atoms with Crippen LogP contribution in [0.1, 0.15) is 23.0 Å². The van der Waals surface area contributed by atoms with E-state index >= 15 is 0 Å². The molecular formula is C14H13ClN2O3S. The zero-order valence-corrected chi connectivity index (χ0v) is 13.0. The van der Waals surface area contributed by atoms with E-state index in [1.54, 1.807) is 23.6 Å². The van der Waals surface area contributed by atoms with E-state index in [9.17, 15) is 9.59 Å². The van der Waals surface area contributed by atoms with Gasteiger partial charge in [-0.3, -0.25) is 14.9 Å². The molecule has 7 heteroatoms. The Kier molecular flexibility index (Phi) is 4.93. The molecule has 0 saturated heterocycles. The van der Waals surface area contributed by atoms with Crippen molar-refractivity contribution in [2.75, 3.05) is 11.9 Å². The van der Waals surface area contributed by atoms with Crippen LogP contribution in [0.5, 0.6) is 5.75 Å². The Balaban J connectivity index is 1.89. The molecule has 1 N–H and O–H groups in total. The smallest absolute Gasteiger partial charge is 0.264 e. The Morgan fingerprint density at radius 2 is 2.19 bits per heavy atom. The Labute approximate surface area is 130 Å². The predicted molar refractivity (Wildman–Crippen MR) is 82.4 cm³/mol. The number of rotatable bonds is 5. The highest BCUT2D eigenvalue weighted by Gasteiger charge is 2.10. The lowest BCUT2D eigenvalue weighted by Gasteiger charge is -2.07. The molecule has 21 heavy (non-hydrogen) atoms. The molecule has 1 aromatic carbocycles. The second kappa shape index (κ2) is 6.69. The van der Waals surface area contributed by atoms with Crippen molar-refractivity contribution in [1.82, 2.24) is 4.98 Å². The van der Waals surface area contributed by atoms with Gasteiger partial charge in [0.2, 0.25) is 0 Å². The minimum absolute atomic E-state index is 0.139. The topological polar surface area (TPSA) is 68.3 Å². The molecule has 0 aliphatic carbocycles. The predicted octanol–water partition coefficient (Wildman–Crippen LogP) is 3.33. The van der Waals surface area contributed by atoms with Crippen molar-refractivity contribution in [3.05, 3.63) is 39.9 Å². The number of carbonyl (C=O) groups excluding carboxylic acids is 2. The van der Waals surface area contributed by atoms with Gasteiger partial charge in [-0.1, -0.05) is 11.6 Å². The fraction of sp³-hybridized carbons (Fsp3) is 0.214. The number of nitrogens with zero attached hydrogens (tertiary/aromatic N) is 1. The third-order valence-corrected chi connectivity index (χ3v) is 3.79. The van der Waals surface area contributed by atoms with Gasteiger partial charge in [0.15, 0.2) is 17.5 Å². The quantitative estimate of drug-likeness (QED) is 0.857. The average molecular weight is 325 g/mol. The van der Waals surface area contributed by atoms with Gasteiger partial charge >= 0.3 is 0 Å². The van der Waals surface area contributed by atoms with Gasteiger partial charge in [0.1, 0.15) is 11.4 Å². The van der Waals surface area contributed by atoms with Crippen LogP contribution in [0.15, 0.2) is 23.6 Å². The van der Waals surface area contributed by atoms with Gasteiger partial charge in [-0.05, 0) is 30.7 Å². The standard InChI is InChI=1S/C14H13ClN2O3S/c1-8-5-10(3-4-11(8)15)20-6-13(19)17-14-16-12(7-21-14)9(2)18/h3-5,7H,6H2,1-2H3,(H,16,17,19). The number of Topliss-reactive ketones (excluding diaryl/α,β-unsaturated/α-hetero) is 1. The van der Waals surface area contributed by atoms with Gasteiger partial charge in [0.25, 0.3) is 5.91 Å². The van der Waals surface area contributed by atoms with Gasteiger partial charge in [0, 0.05) is 17.3 Å². The molecule has 0 bridgehead atoms. The fourth-order valence-corrected chi connectivity index (χ4v) is 2.39. The lowest BCUT2D eigenvalue weighted by Crippen LogP contribution is -2.20. The minimum Gasteiger partial charge on any atom is -0.484 e. The molecule has 0 unspecified atom stereocenters. The summed E-state index contributed by atoms with van der Waals surface area (Å²) in [6.07, 6.45) is 0. The number of hydrogen-bond donors (Lipinski definition) is 1. The van der Waals surface area contributed by atoms with E-state index < -0.39 is 0 Å². The van der Waals surface area contributed by atoms with Crippen LogP contribution in [-0.2, 0) is 4.79 Å². The molecule has 0 aliphatic rings. The summed E-state index contributed by atoms with van der Waals surface area (Å²) in [6, 6.07) is 5.16. The molecule has 0 fully saturated rings. The number of ether oxygens (including phenoxy) is 1. The van der Waals surface area contributed by atoms with Gasteiger partial charge in [-0.15, -0.1) is 11.3 Å². The van der Waals surface area contributed by atoms with E-state index in [2.05, 4.69) is 10.3 Å². The second-order valence-electron chi connectivity index (χ2n) is 4.34. The summed E-state index contributed by atoms with van der Waals surface area (Å²) in [4.78, 5) is 26.8. The van der Waals surface area contributed by atoms with E-state index in [1.807, 2.05) is 6.92 Å². The zero-order valence-electron chi connectivity index (χ0n) is 11.5. The summed E-state index contributed by atoms with van der Waals surface area (Å²) in [7, 11) is 0. The first kappa shape index (κ1) is 15.5. The van der Waals surface area contributed by atoms with Gasteiger partial charge in [-0.2, -0.15) is 0 Å². The highest BCUT2D eigenvalue weighted by atomic mass is 35.5. The van der Waals surface area contributed by atoms with Crippen LogP contribution in [0.25, 0.3) is 0 Å². The summed E-state index contributed by atoms with van der Waals surface area (Å²) >= 11 is 7.10. The monoisotopic (exact) mass is 324 g/mol. The number of ketones is 1. The minimum atomic E-state index is -0.341. The molecule has 1 amide bonds. The first-order valence-electron chi connectivity index (χ1n) is 6.11. The van der Waals surface area contributed by atoms with Crippen LogP contribution in [0.2, 0.25) is 5.02 Å². The van der Waals surface area contributed by atoms with Crippen LogP contribution in [-0.4, -0.2) is 23.3 Å². The molecule has 0 radical (unpaired) electrons. The van der Waals surface area contributed by atoms with Crippen molar-refractivity contribution in [3.8, 4) is 5.75 Å². The van der Waals surface area contributed by atoms with E-state index in [4.69, 9.17) is 16.3 Å². The maximum absolute atomic E-state index is 11.7. The molecule has 110 valence electrons. The maximum atomic E-state index is 11.7. The first-order valence-corrected chi connectivity index (χ1v) is 7.36. The van der Waals surface area contributed by atoms with Crippen molar-refractivity contribution >= 4 is 39.8 Å². The molecule has 0 saturated carbocycles. The number of nitrogens with one attached hydrogen (secondary N) is 1. The molecule has 1 aromatic heterocycles. The number of thiazole rings is 1. The normalized spacial score (nSPS) is 10.2. The molecule has 5 nitrogen and oxygen atoms in total. The molecule has 1 heterocycles. The summed E-state index contributed by atoms with van der Waals surface area (Å²) in [5.74, 6) is 0.0855. The second-order valence-corrected chi connectivity index (χ2v) is 5.61. The summed E-state index contributed by atoms with van der Waals surface area (Å²) in [5, 5.41) is 5.20. The van der Waals surface area contributed by atoms with Gasteiger partial charge in [-0.25, -0.2) is 4.98 Å². The third kappa shape index (κ3) is 4.27. The van der Waals surface area contributed by atoms with Crippen molar-refractivity contribution in [1.29, 1.82) is 0 Å². The Hall–Kier alpha value is -1.92. The van der Waals surface area contributed by atoms with Crippen LogP contribution >= 0.6 is 22.9 Å². The highest BCUT2D eigenvalue weighted by Crippen LogP contribution is 2.21. The summed E-state index contributed by atoms with van der Waals surface area (Å²) in [6.45, 7) is 3.14. The van der Waals surface area contributed by atoms with Crippen molar-refractivity contribution < 1.29 is 14.3 Å². The van der Waals surface area contributed by atoms with Crippen LogP contribution in [0.3, 0.4) is 0 Å². The van der Waals surface area contributed by atoms with E-state index in [1.165, 1.54) is 18.3 Å². The van der Waals surface area contributed by atoms with E-state index in [-0.39, 0.29) is 18.3 Å². The van der Waals surface area contributed by atoms with Crippen molar-refractivity contribution in [3.63, 3.8) is 0 Å². The largest absolute Gasteiger partial charge is 0.484 e. The molecule has 2 aromatic rings. The number of halogens is 1. The summed E-state index contributed by atoms with van der Waals surface area (Å²) in [5.41, 5.74) is 1.21. The van der Waals surface area contributed by atoms with Crippen LogP contribution in [0, 0.1) is 6.92 Å². The lowest BCUT2D eigenvalue weighted by molar-refractivity contribution is -0.118. The number of anilines is 1. The molecule has 0 spiro atoms. The van der Waals surface area contributed by atoms with Crippen LogP contribution in [0.4, 0.5) is 5.13 Å². The maximum Gasteiger partial charge on any atom is 0.264 e. The lowest BCUT2D eigenvalue weighted by atomic mass is 10.2. The van der Waals surface area contributed by atoms with Crippen molar-refractivity contribution in [2.45, 2.75) is 13.8 Å². The molecule has 2 rings (SSSR count). The van der Waals surface area contributed by atoms with Crippen LogP contribution < -0.4 is 10.1 Å². The Morgan fingerprint density at radius 1 is 1.43 bits per heavy atom. The number of carbonyl (C=O) groups is 2. The first-order chi connectivity index (χ1) is 9.95. The van der Waals surface area contributed by atoms with E-state index in [0.717, 1.165) is 5.56 Å². The highest BCUT2D eigenvalue weighted by molar-refractivity contribution is 7.14. The number of hydrogen-bond acceptors (Lipinski definition) is 5. The Morgan fingerprint density at radius 3 is 2.81 bits per heavy atom. The Bertz CT molecular complexity index is 685. The molecule has 0 aliphatic heterocycles. The SMILES string of the molecule is CC(=O)c1csc(NC(=O)COc2ccc(Cl)c(C)c2)n1.